The van der Waals surface area contributed by atoms with E-state index >= 15 is 0 Å². The molecule has 0 spiro atoms. The van der Waals surface area contributed by atoms with Gasteiger partial charge in [0.15, 0.2) is 0 Å². The van der Waals surface area contributed by atoms with Crippen LogP contribution in [0.5, 0.6) is 5.75 Å². The molecule has 0 atom stereocenters. The molecule has 35 heavy (non-hydrogen) atoms. The van der Waals surface area contributed by atoms with Crippen molar-refractivity contribution in [1.29, 1.82) is 0 Å². The van der Waals surface area contributed by atoms with Gasteiger partial charge >= 0.3 is 12.5 Å². The molecule has 188 valence electrons. The van der Waals surface area contributed by atoms with Gasteiger partial charge in [-0.1, -0.05) is 18.2 Å². The van der Waals surface area contributed by atoms with Crippen molar-refractivity contribution in [2.24, 2.45) is 0 Å². The van der Waals surface area contributed by atoms with Gasteiger partial charge in [0.25, 0.3) is 0 Å². The third-order valence-corrected chi connectivity index (χ3v) is 4.83. The molecule has 0 aliphatic heterocycles. The molecule has 0 aliphatic rings. The first-order chi connectivity index (χ1) is 16.3. The number of ether oxygens (including phenoxy) is 1. The Morgan fingerprint density at radius 3 is 2.31 bits per heavy atom. The lowest BCUT2D eigenvalue weighted by Crippen LogP contribution is -2.21. The van der Waals surface area contributed by atoms with Gasteiger partial charge in [-0.05, 0) is 50.8 Å². The summed E-state index contributed by atoms with van der Waals surface area (Å²) in [7, 11) is 3.74. The number of benzene rings is 2. The number of aromatic nitrogens is 2. The number of anilines is 3. The molecule has 1 aromatic heterocycles. The van der Waals surface area contributed by atoms with Crippen LogP contribution in [0.15, 0.2) is 48.5 Å². The molecular weight excluding hydrogens is 476 g/mol. The average molecular weight is 499 g/mol. The zero-order valence-electron chi connectivity index (χ0n) is 19.1. The van der Waals surface area contributed by atoms with E-state index in [2.05, 4.69) is 25.3 Å². The van der Waals surface area contributed by atoms with Crippen LogP contribution in [0.4, 0.5) is 43.8 Å². The normalized spacial score (nSPS) is 12.1. The summed E-state index contributed by atoms with van der Waals surface area (Å²) < 4.78 is 81.9. The summed E-state index contributed by atoms with van der Waals surface area (Å²) in [5.74, 6) is -0.121. The number of halogens is 6. The number of nitrogens with zero attached hydrogens (tertiary/aromatic N) is 3. The average Bonchev–Trinajstić information content (AvgIpc) is 2.73. The van der Waals surface area contributed by atoms with Crippen molar-refractivity contribution in [2.75, 3.05) is 37.8 Å². The fourth-order valence-corrected chi connectivity index (χ4v) is 3.20. The van der Waals surface area contributed by atoms with Crippen molar-refractivity contribution in [3.8, 4) is 17.0 Å². The van der Waals surface area contributed by atoms with E-state index in [-0.39, 0.29) is 28.7 Å². The molecule has 0 saturated carbocycles. The molecule has 0 radical (unpaired) electrons. The molecular formula is C23H23F6N5O. The number of nitrogens with one attached hydrogen (secondary N) is 2. The zero-order chi connectivity index (χ0) is 25.8. The Morgan fingerprint density at radius 2 is 1.66 bits per heavy atom. The van der Waals surface area contributed by atoms with Crippen LogP contribution in [0.1, 0.15) is 11.1 Å². The largest absolute Gasteiger partial charge is 0.573 e. The molecule has 2 N–H and O–H groups in total. The number of hydrogen-bond acceptors (Lipinski definition) is 6. The Kier molecular flexibility index (Phi) is 7.73. The van der Waals surface area contributed by atoms with Crippen LogP contribution in [0.3, 0.4) is 0 Å². The summed E-state index contributed by atoms with van der Waals surface area (Å²) in [6, 6.07) is 10.4. The maximum absolute atomic E-state index is 13.3. The third kappa shape index (κ3) is 7.47. The van der Waals surface area contributed by atoms with Gasteiger partial charge in [-0.2, -0.15) is 18.2 Å². The van der Waals surface area contributed by atoms with E-state index in [0.29, 0.717) is 18.7 Å². The second-order valence-electron chi connectivity index (χ2n) is 7.87. The summed E-state index contributed by atoms with van der Waals surface area (Å²) in [4.78, 5) is 10.6. The number of rotatable bonds is 8. The van der Waals surface area contributed by atoms with E-state index in [9.17, 15) is 26.3 Å². The minimum absolute atomic E-state index is 0.0251. The van der Waals surface area contributed by atoms with Gasteiger partial charge in [-0.25, -0.2) is 4.98 Å². The Bertz CT molecular complexity index is 1160. The highest BCUT2D eigenvalue weighted by molar-refractivity contribution is 5.70. The lowest BCUT2D eigenvalue weighted by Gasteiger charge is -2.17. The molecule has 0 fully saturated rings. The van der Waals surface area contributed by atoms with Gasteiger partial charge in [0.2, 0.25) is 5.95 Å². The van der Waals surface area contributed by atoms with Crippen molar-refractivity contribution >= 4 is 17.5 Å². The second-order valence-corrected chi connectivity index (χ2v) is 7.87. The molecule has 1 heterocycles. The Hall–Kier alpha value is -3.54. The Labute approximate surface area is 198 Å². The fraction of sp³-hybridized carbons (Fsp3) is 0.304. The van der Waals surface area contributed by atoms with Crippen LogP contribution in [0, 0.1) is 6.92 Å². The van der Waals surface area contributed by atoms with Gasteiger partial charge in [-0.15, -0.1) is 13.2 Å². The highest BCUT2D eigenvalue weighted by Gasteiger charge is 2.33. The molecule has 0 unspecified atom stereocenters. The van der Waals surface area contributed by atoms with Crippen molar-refractivity contribution in [1.82, 2.24) is 14.9 Å². The van der Waals surface area contributed by atoms with E-state index < -0.39 is 23.9 Å². The van der Waals surface area contributed by atoms with Gasteiger partial charge in [0.05, 0.1) is 11.3 Å². The molecule has 6 nitrogen and oxygen atoms in total. The summed E-state index contributed by atoms with van der Waals surface area (Å²) in [5.41, 5.74) is -0.0976. The molecule has 12 heteroatoms. The minimum atomic E-state index is -4.86. The monoisotopic (exact) mass is 499 g/mol. The van der Waals surface area contributed by atoms with Crippen LogP contribution in [-0.4, -0.2) is 48.4 Å². The lowest BCUT2D eigenvalue weighted by atomic mass is 10.1. The predicted octanol–water partition coefficient (Wildman–Crippen LogP) is 6.09. The number of hydrogen-bond donors (Lipinski definition) is 2. The SMILES string of the molecule is Cc1c(Nc2cc(-c3cccc(OC(F)(F)F)c3)nc(NCCN(C)C)n2)cccc1C(F)(F)F. The smallest absolute Gasteiger partial charge is 0.406 e. The van der Waals surface area contributed by atoms with Gasteiger partial charge in [0.1, 0.15) is 11.6 Å². The van der Waals surface area contributed by atoms with Crippen LogP contribution in [0.2, 0.25) is 0 Å². The molecule has 0 amide bonds. The van der Waals surface area contributed by atoms with E-state index in [4.69, 9.17) is 0 Å². The van der Waals surface area contributed by atoms with Gasteiger partial charge in [-0.3, -0.25) is 0 Å². The maximum atomic E-state index is 13.3. The molecule has 0 saturated heterocycles. The fourth-order valence-electron chi connectivity index (χ4n) is 3.20. The van der Waals surface area contributed by atoms with Crippen molar-refractivity contribution in [3.05, 3.63) is 59.7 Å². The van der Waals surface area contributed by atoms with E-state index in [1.54, 1.807) is 0 Å². The quantitative estimate of drug-likeness (QED) is 0.366. The highest BCUT2D eigenvalue weighted by Crippen LogP contribution is 2.36. The third-order valence-electron chi connectivity index (χ3n) is 4.83. The van der Waals surface area contributed by atoms with Gasteiger partial charge in [0, 0.05) is 30.4 Å². The van der Waals surface area contributed by atoms with E-state index in [0.717, 1.165) is 12.1 Å². The Morgan fingerprint density at radius 1 is 0.943 bits per heavy atom. The maximum Gasteiger partial charge on any atom is 0.573 e. The molecule has 3 aromatic rings. The molecule has 2 aromatic carbocycles. The lowest BCUT2D eigenvalue weighted by molar-refractivity contribution is -0.274. The van der Waals surface area contributed by atoms with E-state index in [1.807, 2.05) is 19.0 Å². The highest BCUT2D eigenvalue weighted by atomic mass is 19.4. The topological polar surface area (TPSA) is 62.3 Å². The minimum Gasteiger partial charge on any atom is -0.406 e. The van der Waals surface area contributed by atoms with E-state index in [1.165, 1.54) is 43.3 Å². The number of likely N-dealkylation sites (N-methyl/N-ethyl adjacent to an activating group) is 1. The van der Waals surface area contributed by atoms with Crippen LogP contribution in [-0.2, 0) is 6.18 Å². The summed E-state index contributed by atoms with van der Waals surface area (Å²) in [6.07, 6.45) is -9.40. The van der Waals surface area contributed by atoms with Crippen molar-refractivity contribution in [3.63, 3.8) is 0 Å². The van der Waals surface area contributed by atoms with Crippen molar-refractivity contribution < 1.29 is 31.1 Å². The zero-order valence-corrected chi connectivity index (χ0v) is 19.1. The number of alkyl halides is 6. The predicted molar refractivity (Wildman–Crippen MR) is 121 cm³/mol. The first kappa shape index (κ1) is 26.1. The second kappa shape index (κ2) is 10.4. The van der Waals surface area contributed by atoms with Crippen LogP contribution >= 0.6 is 0 Å². The first-order valence-electron chi connectivity index (χ1n) is 10.4. The standard InChI is InChI=1S/C23H23F6N5O/c1-14-17(22(24,25)26)8-5-9-18(14)31-20-13-19(32-21(33-20)30-10-11-34(2)3)15-6-4-7-16(12-15)35-23(27,28)29/h4-9,12-13H,10-11H2,1-3H3,(H2,30,31,32,33). The van der Waals surface area contributed by atoms with Gasteiger partial charge < -0.3 is 20.3 Å². The van der Waals surface area contributed by atoms with Crippen molar-refractivity contribution in [2.45, 2.75) is 19.5 Å². The summed E-state index contributed by atoms with van der Waals surface area (Å²) in [6.45, 7) is 2.43. The molecule has 0 bridgehead atoms. The summed E-state index contributed by atoms with van der Waals surface area (Å²) in [5, 5.41) is 5.89. The summed E-state index contributed by atoms with van der Waals surface area (Å²) >= 11 is 0. The van der Waals surface area contributed by atoms with Crippen LogP contribution < -0.4 is 15.4 Å². The van der Waals surface area contributed by atoms with Crippen LogP contribution in [0.25, 0.3) is 11.3 Å². The first-order valence-corrected chi connectivity index (χ1v) is 10.4. The molecule has 0 aliphatic carbocycles. The molecule has 3 rings (SSSR count). The Balaban J connectivity index is 2.00.